The van der Waals surface area contributed by atoms with Crippen LogP contribution in [0.4, 0.5) is 0 Å². The van der Waals surface area contributed by atoms with Gasteiger partial charge in [0.1, 0.15) is 6.04 Å². The van der Waals surface area contributed by atoms with E-state index in [-0.39, 0.29) is 17.7 Å². The fraction of sp³-hybridized carbons (Fsp3) is 0.867. The highest BCUT2D eigenvalue weighted by Gasteiger charge is 2.26. The van der Waals surface area contributed by atoms with E-state index in [1.807, 2.05) is 20.8 Å². The Morgan fingerprint density at radius 3 is 2.26 bits per heavy atom. The maximum Gasteiger partial charge on any atom is 0.326 e. The van der Waals surface area contributed by atoms with Gasteiger partial charge in [-0.3, -0.25) is 4.79 Å². The van der Waals surface area contributed by atoms with E-state index < -0.39 is 12.0 Å². The molecule has 1 rings (SSSR count). The van der Waals surface area contributed by atoms with Crippen molar-refractivity contribution in [2.45, 2.75) is 65.3 Å². The number of amides is 1. The first-order valence-electron chi connectivity index (χ1n) is 7.43. The molecule has 0 heterocycles. The number of rotatable bonds is 7. The van der Waals surface area contributed by atoms with Crippen LogP contribution in [0.1, 0.15) is 59.3 Å². The number of carboxylic acids is 1. The van der Waals surface area contributed by atoms with Gasteiger partial charge >= 0.3 is 5.97 Å². The minimum Gasteiger partial charge on any atom is -0.480 e. The van der Waals surface area contributed by atoms with E-state index in [2.05, 4.69) is 5.32 Å². The smallest absolute Gasteiger partial charge is 0.326 e. The third kappa shape index (κ3) is 5.62. The average Bonchev–Trinajstić information content (AvgIpc) is 2.79. The van der Waals surface area contributed by atoms with Crippen LogP contribution in [0.25, 0.3) is 0 Å². The molecule has 4 nitrogen and oxygen atoms in total. The van der Waals surface area contributed by atoms with Crippen LogP contribution < -0.4 is 5.32 Å². The molecule has 0 aromatic carbocycles. The first kappa shape index (κ1) is 16.0. The molecule has 1 amide bonds. The standard InChI is InChI=1S/C15H27NO3/c1-10(2)8-13(15(18)19)16-14(17)11(3)9-12-6-4-5-7-12/h10-13H,4-9H2,1-3H3,(H,16,17)(H,18,19)/t11?,13-/m1/s1. The van der Waals surface area contributed by atoms with Gasteiger partial charge in [0.25, 0.3) is 0 Å². The molecule has 0 aromatic heterocycles. The van der Waals surface area contributed by atoms with Crippen molar-refractivity contribution in [1.82, 2.24) is 5.32 Å². The van der Waals surface area contributed by atoms with Crippen molar-refractivity contribution >= 4 is 11.9 Å². The van der Waals surface area contributed by atoms with Gasteiger partial charge in [-0.2, -0.15) is 0 Å². The molecule has 0 aromatic rings. The molecule has 2 atom stereocenters. The second-order valence-corrected chi connectivity index (χ2v) is 6.32. The van der Waals surface area contributed by atoms with Crippen molar-refractivity contribution < 1.29 is 14.7 Å². The van der Waals surface area contributed by atoms with Gasteiger partial charge in [-0.1, -0.05) is 46.5 Å². The second-order valence-electron chi connectivity index (χ2n) is 6.32. The van der Waals surface area contributed by atoms with Gasteiger partial charge in [0.15, 0.2) is 0 Å². The zero-order chi connectivity index (χ0) is 14.4. The molecule has 1 aliphatic rings. The molecule has 2 N–H and O–H groups in total. The molecular formula is C15H27NO3. The Balaban J connectivity index is 2.43. The van der Waals surface area contributed by atoms with Crippen molar-refractivity contribution in [3.05, 3.63) is 0 Å². The van der Waals surface area contributed by atoms with Crippen molar-refractivity contribution in [3.63, 3.8) is 0 Å². The Morgan fingerprint density at radius 1 is 1.21 bits per heavy atom. The number of carbonyl (C=O) groups is 2. The van der Waals surface area contributed by atoms with Gasteiger partial charge in [-0.15, -0.1) is 0 Å². The highest BCUT2D eigenvalue weighted by molar-refractivity contribution is 5.84. The fourth-order valence-corrected chi connectivity index (χ4v) is 2.86. The summed E-state index contributed by atoms with van der Waals surface area (Å²) in [5.41, 5.74) is 0. The van der Waals surface area contributed by atoms with Gasteiger partial charge in [0, 0.05) is 5.92 Å². The van der Waals surface area contributed by atoms with Crippen LogP contribution in [-0.2, 0) is 9.59 Å². The lowest BCUT2D eigenvalue weighted by Gasteiger charge is -2.20. The monoisotopic (exact) mass is 269 g/mol. The minimum atomic E-state index is -0.935. The van der Waals surface area contributed by atoms with E-state index in [4.69, 9.17) is 5.11 Å². The van der Waals surface area contributed by atoms with Crippen LogP contribution in [0, 0.1) is 17.8 Å². The third-order valence-corrected chi connectivity index (χ3v) is 3.93. The highest BCUT2D eigenvalue weighted by atomic mass is 16.4. The topological polar surface area (TPSA) is 66.4 Å². The van der Waals surface area contributed by atoms with E-state index in [9.17, 15) is 9.59 Å². The second kappa shape index (κ2) is 7.51. The zero-order valence-electron chi connectivity index (χ0n) is 12.3. The summed E-state index contributed by atoms with van der Waals surface area (Å²) in [7, 11) is 0. The Morgan fingerprint density at radius 2 is 1.79 bits per heavy atom. The lowest BCUT2D eigenvalue weighted by molar-refractivity contribution is -0.143. The van der Waals surface area contributed by atoms with Gasteiger partial charge in [-0.05, 0) is 24.7 Å². The summed E-state index contributed by atoms with van der Waals surface area (Å²) in [5.74, 6) is -0.229. The van der Waals surface area contributed by atoms with Gasteiger partial charge in [0.2, 0.25) is 5.91 Å². The Bertz CT molecular complexity index is 309. The molecule has 1 fully saturated rings. The van der Waals surface area contributed by atoms with Crippen molar-refractivity contribution in [1.29, 1.82) is 0 Å². The quantitative estimate of drug-likeness (QED) is 0.747. The largest absolute Gasteiger partial charge is 0.480 e. The van der Waals surface area contributed by atoms with Crippen LogP contribution in [0.15, 0.2) is 0 Å². The summed E-state index contributed by atoms with van der Waals surface area (Å²) >= 11 is 0. The molecule has 4 heteroatoms. The number of carbonyl (C=O) groups excluding carboxylic acids is 1. The van der Waals surface area contributed by atoms with Crippen LogP contribution >= 0.6 is 0 Å². The molecule has 0 spiro atoms. The van der Waals surface area contributed by atoms with E-state index >= 15 is 0 Å². The predicted molar refractivity (Wildman–Crippen MR) is 74.8 cm³/mol. The Labute approximate surface area is 116 Å². The molecule has 0 radical (unpaired) electrons. The van der Waals surface area contributed by atoms with Crippen LogP contribution in [0.5, 0.6) is 0 Å². The number of aliphatic carboxylic acids is 1. The van der Waals surface area contributed by atoms with E-state index in [1.165, 1.54) is 25.7 Å². The molecule has 1 unspecified atom stereocenters. The molecule has 1 aliphatic carbocycles. The highest BCUT2D eigenvalue weighted by Crippen LogP contribution is 2.30. The molecule has 0 bridgehead atoms. The first-order valence-corrected chi connectivity index (χ1v) is 7.43. The summed E-state index contributed by atoms with van der Waals surface area (Å²) < 4.78 is 0. The first-order chi connectivity index (χ1) is 8.90. The normalized spacial score (nSPS) is 19.4. The molecule has 19 heavy (non-hydrogen) atoms. The van der Waals surface area contributed by atoms with Gasteiger partial charge < -0.3 is 10.4 Å². The Kier molecular flexibility index (Phi) is 6.32. The van der Waals surface area contributed by atoms with E-state index in [0.29, 0.717) is 12.3 Å². The van der Waals surface area contributed by atoms with Crippen molar-refractivity contribution in [2.24, 2.45) is 17.8 Å². The summed E-state index contributed by atoms with van der Waals surface area (Å²) in [6.45, 7) is 5.83. The van der Waals surface area contributed by atoms with Crippen LogP contribution in [0.3, 0.4) is 0 Å². The van der Waals surface area contributed by atoms with Gasteiger partial charge in [0.05, 0.1) is 0 Å². The molecule has 0 saturated heterocycles. The molecule has 110 valence electrons. The van der Waals surface area contributed by atoms with Crippen molar-refractivity contribution in [2.75, 3.05) is 0 Å². The van der Waals surface area contributed by atoms with Gasteiger partial charge in [-0.25, -0.2) is 4.79 Å². The molecular weight excluding hydrogens is 242 g/mol. The average molecular weight is 269 g/mol. The molecule has 0 aliphatic heterocycles. The number of hydrogen-bond acceptors (Lipinski definition) is 2. The zero-order valence-corrected chi connectivity index (χ0v) is 12.3. The summed E-state index contributed by atoms with van der Waals surface area (Å²) in [4.78, 5) is 23.2. The summed E-state index contributed by atoms with van der Waals surface area (Å²) in [6, 6.07) is -0.751. The third-order valence-electron chi connectivity index (χ3n) is 3.93. The number of carboxylic acid groups (broad SMARTS) is 1. The SMILES string of the molecule is CC(C)C[C@@H](NC(=O)C(C)CC1CCCC1)C(=O)O. The number of hydrogen-bond donors (Lipinski definition) is 2. The maximum atomic E-state index is 12.1. The Hall–Kier alpha value is -1.06. The van der Waals surface area contributed by atoms with E-state index in [0.717, 1.165) is 6.42 Å². The maximum absolute atomic E-state index is 12.1. The number of nitrogens with one attached hydrogen (secondary N) is 1. The van der Waals surface area contributed by atoms with Crippen molar-refractivity contribution in [3.8, 4) is 0 Å². The predicted octanol–water partition coefficient (Wildman–Crippen LogP) is 2.82. The molecule has 1 saturated carbocycles. The lowest BCUT2D eigenvalue weighted by atomic mass is 9.93. The summed E-state index contributed by atoms with van der Waals surface area (Å²) in [5, 5.41) is 11.8. The lowest BCUT2D eigenvalue weighted by Crippen LogP contribution is -2.44. The van der Waals surface area contributed by atoms with Crippen LogP contribution in [-0.4, -0.2) is 23.0 Å². The minimum absolute atomic E-state index is 0.0860. The van der Waals surface area contributed by atoms with E-state index in [1.54, 1.807) is 0 Å². The summed E-state index contributed by atoms with van der Waals surface area (Å²) in [6.07, 6.45) is 6.34. The van der Waals surface area contributed by atoms with Crippen LogP contribution in [0.2, 0.25) is 0 Å². The fourth-order valence-electron chi connectivity index (χ4n) is 2.86.